The van der Waals surface area contributed by atoms with Crippen LogP contribution in [0.25, 0.3) is 5.52 Å². The first kappa shape index (κ1) is 15.5. The Kier molecular flexibility index (Phi) is 3.55. The predicted molar refractivity (Wildman–Crippen MR) is 98.6 cm³/mol. The summed E-state index contributed by atoms with van der Waals surface area (Å²) in [6.07, 6.45) is 8.89. The standard InChI is InChI=1S/C19H22N6O/c1-13-10-17-19(20-7-9-24(17)21-13)23-8-3-5-15(23)12-25-18(26)11-14-4-2-6-16(14)22-25/h7,9-11,15H,2-6,8,12H2,1H3. The van der Waals surface area contributed by atoms with Gasteiger partial charge in [-0.1, -0.05) is 0 Å². The molecule has 5 rings (SSSR count). The van der Waals surface area contributed by atoms with Gasteiger partial charge in [-0.15, -0.1) is 0 Å². The molecule has 7 nitrogen and oxygen atoms in total. The predicted octanol–water partition coefficient (Wildman–Crippen LogP) is 1.75. The highest BCUT2D eigenvalue weighted by atomic mass is 16.1. The highest BCUT2D eigenvalue weighted by Gasteiger charge is 2.29. The number of nitrogens with zero attached hydrogens (tertiary/aromatic N) is 6. The smallest absolute Gasteiger partial charge is 0.267 e. The minimum Gasteiger partial charge on any atom is -0.350 e. The molecule has 1 unspecified atom stereocenters. The molecule has 2 aliphatic rings. The van der Waals surface area contributed by atoms with E-state index in [-0.39, 0.29) is 11.6 Å². The lowest BCUT2D eigenvalue weighted by atomic mass is 10.2. The SMILES string of the molecule is Cc1cc2c(N3CCCC3Cn3nc4c(cc3=O)CCC4)nccn2n1. The Bertz CT molecular complexity index is 1040. The van der Waals surface area contributed by atoms with Crippen LogP contribution in [0.15, 0.2) is 29.3 Å². The Morgan fingerprint density at radius 3 is 3.04 bits per heavy atom. The Morgan fingerprint density at radius 1 is 1.19 bits per heavy atom. The van der Waals surface area contributed by atoms with Crippen molar-refractivity contribution in [3.8, 4) is 0 Å². The van der Waals surface area contributed by atoms with Crippen molar-refractivity contribution < 1.29 is 0 Å². The van der Waals surface area contributed by atoms with Crippen molar-refractivity contribution in [2.75, 3.05) is 11.4 Å². The second kappa shape index (κ2) is 5.93. The molecule has 0 N–H and O–H groups in total. The molecule has 0 bridgehead atoms. The summed E-state index contributed by atoms with van der Waals surface area (Å²) in [5.41, 5.74) is 4.25. The van der Waals surface area contributed by atoms with Crippen LogP contribution in [0.1, 0.15) is 36.2 Å². The van der Waals surface area contributed by atoms with Crippen LogP contribution in [0.2, 0.25) is 0 Å². The van der Waals surface area contributed by atoms with Crippen molar-refractivity contribution in [3.05, 3.63) is 51.8 Å². The van der Waals surface area contributed by atoms with Crippen LogP contribution in [0.5, 0.6) is 0 Å². The van der Waals surface area contributed by atoms with Gasteiger partial charge in [-0.2, -0.15) is 10.2 Å². The van der Waals surface area contributed by atoms with Crippen molar-refractivity contribution in [2.24, 2.45) is 0 Å². The molecule has 0 amide bonds. The second-order valence-corrected chi connectivity index (χ2v) is 7.35. The van der Waals surface area contributed by atoms with Gasteiger partial charge < -0.3 is 4.90 Å². The minimum absolute atomic E-state index is 0.0175. The zero-order valence-corrected chi connectivity index (χ0v) is 14.9. The van der Waals surface area contributed by atoms with E-state index < -0.39 is 0 Å². The van der Waals surface area contributed by atoms with Crippen molar-refractivity contribution in [1.82, 2.24) is 24.4 Å². The van der Waals surface area contributed by atoms with E-state index in [1.54, 1.807) is 16.9 Å². The van der Waals surface area contributed by atoms with Gasteiger partial charge in [0.2, 0.25) is 0 Å². The highest BCUT2D eigenvalue weighted by molar-refractivity contribution is 5.69. The topological polar surface area (TPSA) is 68.3 Å². The van der Waals surface area contributed by atoms with Crippen molar-refractivity contribution in [3.63, 3.8) is 0 Å². The lowest BCUT2D eigenvalue weighted by Gasteiger charge is -2.26. The van der Waals surface area contributed by atoms with E-state index in [0.717, 1.165) is 66.9 Å². The highest BCUT2D eigenvalue weighted by Crippen LogP contribution is 2.28. The second-order valence-electron chi connectivity index (χ2n) is 7.35. The fourth-order valence-corrected chi connectivity index (χ4v) is 4.33. The van der Waals surface area contributed by atoms with Crippen LogP contribution >= 0.6 is 0 Å². The quantitative estimate of drug-likeness (QED) is 0.720. The first-order valence-corrected chi connectivity index (χ1v) is 9.36. The van der Waals surface area contributed by atoms with E-state index in [1.807, 2.05) is 17.6 Å². The number of hydrogen-bond donors (Lipinski definition) is 0. The number of aryl methyl sites for hydroxylation is 3. The van der Waals surface area contributed by atoms with E-state index in [1.165, 1.54) is 0 Å². The summed E-state index contributed by atoms with van der Waals surface area (Å²) in [5.74, 6) is 0.949. The lowest BCUT2D eigenvalue weighted by Crippen LogP contribution is -2.38. The van der Waals surface area contributed by atoms with Gasteiger partial charge in [0.05, 0.1) is 24.0 Å². The monoisotopic (exact) mass is 350 g/mol. The van der Waals surface area contributed by atoms with Crippen LogP contribution in [0.3, 0.4) is 0 Å². The normalized spacial score (nSPS) is 19.4. The van der Waals surface area contributed by atoms with Crippen molar-refractivity contribution in [1.29, 1.82) is 0 Å². The third kappa shape index (κ3) is 2.50. The third-order valence-electron chi connectivity index (χ3n) is 5.55. The van der Waals surface area contributed by atoms with Crippen molar-refractivity contribution in [2.45, 2.75) is 51.6 Å². The van der Waals surface area contributed by atoms with Crippen LogP contribution in [0, 0.1) is 6.92 Å². The number of fused-ring (bicyclic) bond motifs is 2. The lowest BCUT2D eigenvalue weighted by molar-refractivity contribution is 0.482. The molecule has 0 spiro atoms. The summed E-state index contributed by atoms with van der Waals surface area (Å²) >= 11 is 0. The van der Waals surface area contributed by atoms with E-state index in [9.17, 15) is 4.79 Å². The van der Waals surface area contributed by atoms with E-state index in [4.69, 9.17) is 0 Å². The Labute approximate surface area is 151 Å². The fraction of sp³-hybridized carbons (Fsp3) is 0.474. The largest absolute Gasteiger partial charge is 0.350 e. The van der Waals surface area contributed by atoms with Gasteiger partial charge in [0.1, 0.15) is 5.52 Å². The number of anilines is 1. The zero-order valence-electron chi connectivity index (χ0n) is 14.9. The first-order chi connectivity index (χ1) is 12.7. The van der Waals surface area contributed by atoms with Gasteiger partial charge in [0, 0.05) is 25.0 Å². The Hall–Kier alpha value is -2.70. The Morgan fingerprint density at radius 2 is 2.12 bits per heavy atom. The van der Waals surface area contributed by atoms with Crippen molar-refractivity contribution >= 4 is 11.3 Å². The maximum Gasteiger partial charge on any atom is 0.267 e. The molecule has 3 aromatic rings. The molecule has 1 fully saturated rings. The average molecular weight is 350 g/mol. The van der Waals surface area contributed by atoms with Gasteiger partial charge in [0.15, 0.2) is 5.82 Å². The van der Waals surface area contributed by atoms with Crippen LogP contribution in [-0.2, 0) is 19.4 Å². The molecule has 4 heterocycles. The van der Waals surface area contributed by atoms with Gasteiger partial charge in [0.25, 0.3) is 5.56 Å². The van der Waals surface area contributed by atoms with Crippen LogP contribution in [-0.4, -0.2) is 37.0 Å². The summed E-state index contributed by atoms with van der Waals surface area (Å²) in [7, 11) is 0. The number of hydrogen-bond acceptors (Lipinski definition) is 5. The molecule has 1 atom stereocenters. The Balaban J connectivity index is 1.49. The van der Waals surface area contributed by atoms with E-state index in [2.05, 4.69) is 26.1 Å². The molecule has 1 aliphatic carbocycles. The summed E-state index contributed by atoms with van der Waals surface area (Å²) in [5, 5.41) is 9.14. The molecule has 7 heteroatoms. The molecule has 3 aromatic heterocycles. The van der Waals surface area contributed by atoms with E-state index >= 15 is 0 Å². The van der Waals surface area contributed by atoms with Gasteiger partial charge in [-0.3, -0.25) is 4.79 Å². The maximum absolute atomic E-state index is 12.5. The maximum atomic E-state index is 12.5. The molecule has 0 radical (unpaired) electrons. The molecule has 1 saturated heterocycles. The molecular weight excluding hydrogens is 328 g/mol. The van der Waals surface area contributed by atoms with Crippen LogP contribution < -0.4 is 10.5 Å². The summed E-state index contributed by atoms with van der Waals surface area (Å²) < 4.78 is 3.54. The number of aromatic nitrogens is 5. The zero-order chi connectivity index (χ0) is 17.7. The molecular formula is C19H22N6O. The molecule has 134 valence electrons. The van der Waals surface area contributed by atoms with Crippen LogP contribution in [0.4, 0.5) is 5.82 Å². The third-order valence-corrected chi connectivity index (χ3v) is 5.55. The molecule has 0 aromatic carbocycles. The summed E-state index contributed by atoms with van der Waals surface area (Å²) in [4.78, 5) is 19.4. The average Bonchev–Trinajstić information content (AvgIpc) is 3.33. The summed E-state index contributed by atoms with van der Waals surface area (Å²) in [6.45, 7) is 3.55. The van der Waals surface area contributed by atoms with Gasteiger partial charge >= 0.3 is 0 Å². The fourth-order valence-electron chi connectivity index (χ4n) is 4.33. The minimum atomic E-state index is 0.0175. The first-order valence-electron chi connectivity index (χ1n) is 9.36. The molecule has 0 saturated carbocycles. The van der Waals surface area contributed by atoms with E-state index in [0.29, 0.717) is 6.54 Å². The van der Waals surface area contributed by atoms with Gasteiger partial charge in [-0.25, -0.2) is 14.2 Å². The summed E-state index contributed by atoms with van der Waals surface area (Å²) in [6, 6.07) is 4.08. The molecule has 26 heavy (non-hydrogen) atoms. The number of rotatable bonds is 3. The molecule has 1 aliphatic heterocycles. The van der Waals surface area contributed by atoms with Gasteiger partial charge in [-0.05, 0) is 50.7 Å².